The number of aromatic nitrogens is 2. The van der Waals surface area contributed by atoms with Crippen molar-refractivity contribution in [1.82, 2.24) is 9.55 Å². The molecule has 0 atom stereocenters. The number of ether oxygens (including phenoxy) is 1. The van der Waals surface area contributed by atoms with Gasteiger partial charge in [0.2, 0.25) is 0 Å². The lowest BCUT2D eigenvalue weighted by Gasteiger charge is -2.10. The van der Waals surface area contributed by atoms with E-state index in [1.807, 2.05) is 36.4 Å². The molecule has 0 unspecified atom stereocenters. The maximum absolute atomic E-state index is 6.10. The molecule has 0 amide bonds. The second kappa shape index (κ2) is 5.76. The van der Waals surface area contributed by atoms with Crippen LogP contribution in [0.2, 0.25) is 5.02 Å². The summed E-state index contributed by atoms with van der Waals surface area (Å²) < 4.78 is 7.33. The lowest BCUT2D eigenvalue weighted by molar-refractivity contribution is 0.188. The van der Waals surface area contributed by atoms with Crippen LogP contribution in [-0.2, 0) is 11.3 Å². The van der Waals surface area contributed by atoms with E-state index in [-0.39, 0.29) is 0 Å². The predicted molar refractivity (Wildman–Crippen MR) is 86.5 cm³/mol. The maximum Gasteiger partial charge on any atom is 0.143 e. The van der Waals surface area contributed by atoms with Crippen molar-refractivity contribution in [2.75, 3.05) is 19.5 Å². The molecule has 0 saturated heterocycles. The van der Waals surface area contributed by atoms with Crippen molar-refractivity contribution in [3.05, 3.63) is 47.5 Å². The van der Waals surface area contributed by atoms with Gasteiger partial charge in [-0.2, -0.15) is 0 Å². The fourth-order valence-corrected chi connectivity index (χ4v) is 2.61. The number of hydrogen-bond donors (Lipinski definition) is 1. The van der Waals surface area contributed by atoms with Crippen molar-refractivity contribution in [3.8, 4) is 11.4 Å². The van der Waals surface area contributed by atoms with Crippen molar-refractivity contribution in [1.29, 1.82) is 0 Å². The number of rotatable bonds is 4. The monoisotopic (exact) mass is 301 g/mol. The van der Waals surface area contributed by atoms with Gasteiger partial charge in [-0.25, -0.2) is 4.98 Å². The Morgan fingerprint density at radius 2 is 2.05 bits per heavy atom. The molecule has 21 heavy (non-hydrogen) atoms. The summed E-state index contributed by atoms with van der Waals surface area (Å²) in [6.07, 6.45) is 0. The number of para-hydroxylation sites is 2. The zero-order chi connectivity index (χ0) is 14.8. The summed E-state index contributed by atoms with van der Waals surface area (Å²) in [6.45, 7) is 1.33. The molecule has 0 aliphatic rings. The minimum atomic E-state index is 0.612. The number of methoxy groups -OCH3 is 1. The van der Waals surface area contributed by atoms with Crippen LogP contribution < -0.4 is 5.73 Å². The van der Waals surface area contributed by atoms with Gasteiger partial charge in [0.15, 0.2) is 0 Å². The van der Waals surface area contributed by atoms with E-state index in [0.717, 1.165) is 22.4 Å². The first-order chi connectivity index (χ1) is 10.2. The summed E-state index contributed by atoms with van der Waals surface area (Å²) in [4.78, 5) is 4.71. The van der Waals surface area contributed by atoms with E-state index < -0.39 is 0 Å². The van der Waals surface area contributed by atoms with E-state index in [1.54, 1.807) is 13.2 Å². The minimum absolute atomic E-state index is 0.612. The van der Waals surface area contributed by atoms with Crippen molar-refractivity contribution in [2.45, 2.75) is 6.54 Å². The first-order valence-corrected chi connectivity index (χ1v) is 7.08. The molecule has 5 heteroatoms. The highest BCUT2D eigenvalue weighted by molar-refractivity contribution is 6.31. The van der Waals surface area contributed by atoms with Gasteiger partial charge in [0.25, 0.3) is 0 Å². The molecule has 0 spiro atoms. The molecule has 1 heterocycles. The molecular formula is C16H16ClN3O. The van der Waals surface area contributed by atoms with Gasteiger partial charge in [-0.3, -0.25) is 0 Å². The molecule has 0 aliphatic carbocycles. The largest absolute Gasteiger partial charge is 0.398 e. The third-order valence-corrected chi connectivity index (χ3v) is 3.66. The van der Waals surface area contributed by atoms with Crippen LogP contribution in [0.25, 0.3) is 22.4 Å². The van der Waals surface area contributed by atoms with Crippen LogP contribution in [0.4, 0.5) is 5.69 Å². The average molecular weight is 302 g/mol. The van der Waals surface area contributed by atoms with Crippen LogP contribution in [0, 0.1) is 0 Å². The summed E-state index contributed by atoms with van der Waals surface area (Å²) in [5, 5.41) is 0.621. The van der Waals surface area contributed by atoms with E-state index in [0.29, 0.717) is 23.9 Å². The smallest absolute Gasteiger partial charge is 0.143 e. The average Bonchev–Trinajstić information content (AvgIpc) is 2.83. The Labute approximate surface area is 128 Å². The normalized spacial score (nSPS) is 11.1. The number of imidazole rings is 1. The van der Waals surface area contributed by atoms with E-state index in [1.165, 1.54) is 0 Å². The van der Waals surface area contributed by atoms with Gasteiger partial charge in [0.05, 0.1) is 17.6 Å². The van der Waals surface area contributed by atoms with E-state index in [4.69, 9.17) is 27.1 Å². The molecular weight excluding hydrogens is 286 g/mol. The number of fused-ring (bicyclic) bond motifs is 1. The fraction of sp³-hybridized carbons (Fsp3) is 0.188. The van der Waals surface area contributed by atoms with Crippen LogP contribution >= 0.6 is 11.6 Å². The van der Waals surface area contributed by atoms with Gasteiger partial charge < -0.3 is 15.0 Å². The zero-order valence-corrected chi connectivity index (χ0v) is 12.5. The van der Waals surface area contributed by atoms with Crippen molar-refractivity contribution in [3.63, 3.8) is 0 Å². The molecule has 4 nitrogen and oxygen atoms in total. The molecule has 2 aromatic carbocycles. The maximum atomic E-state index is 6.10. The van der Waals surface area contributed by atoms with Crippen LogP contribution in [0.15, 0.2) is 42.5 Å². The Balaban J connectivity index is 2.20. The van der Waals surface area contributed by atoms with Crippen LogP contribution in [-0.4, -0.2) is 23.3 Å². The summed E-state index contributed by atoms with van der Waals surface area (Å²) in [5.74, 6) is 0.836. The second-order valence-corrected chi connectivity index (χ2v) is 5.24. The zero-order valence-electron chi connectivity index (χ0n) is 11.7. The molecule has 2 N–H and O–H groups in total. The Morgan fingerprint density at radius 3 is 2.81 bits per heavy atom. The predicted octanol–water partition coefficient (Wildman–Crippen LogP) is 3.59. The Hall–Kier alpha value is -2.04. The molecule has 0 bridgehead atoms. The third-order valence-electron chi connectivity index (χ3n) is 3.43. The number of nitrogens with zero attached hydrogens (tertiary/aromatic N) is 2. The lowest BCUT2D eigenvalue weighted by Crippen LogP contribution is -2.06. The highest BCUT2D eigenvalue weighted by atomic mass is 35.5. The summed E-state index contributed by atoms with van der Waals surface area (Å²) in [7, 11) is 1.69. The first kappa shape index (κ1) is 13.9. The summed E-state index contributed by atoms with van der Waals surface area (Å²) >= 11 is 5.98. The number of nitrogens with two attached hydrogens (primary N) is 1. The number of anilines is 1. The van der Waals surface area contributed by atoms with Crippen LogP contribution in [0.3, 0.4) is 0 Å². The quantitative estimate of drug-likeness (QED) is 0.749. The standard InChI is InChI=1S/C16H16ClN3O/c1-21-9-8-20-15-5-3-2-4-14(15)19-16(20)12-7-6-11(17)10-13(12)18/h2-7,10H,8-9,18H2,1H3. The molecule has 0 aliphatic heterocycles. The Morgan fingerprint density at radius 1 is 1.24 bits per heavy atom. The molecule has 0 saturated carbocycles. The number of hydrogen-bond acceptors (Lipinski definition) is 3. The number of halogens is 1. The molecule has 3 aromatic rings. The van der Waals surface area contributed by atoms with E-state index in [9.17, 15) is 0 Å². The van der Waals surface area contributed by atoms with Crippen LogP contribution in [0.5, 0.6) is 0 Å². The second-order valence-electron chi connectivity index (χ2n) is 4.80. The summed E-state index contributed by atoms with van der Waals surface area (Å²) in [5.41, 5.74) is 9.62. The molecule has 108 valence electrons. The topological polar surface area (TPSA) is 53.1 Å². The van der Waals surface area contributed by atoms with Gasteiger partial charge in [0.1, 0.15) is 5.82 Å². The van der Waals surface area contributed by atoms with Gasteiger partial charge in [-0.15, -0.1) is 0 Å². The fourth-order valence-electron chi connectivity index (χ4n) is 2.43. The Kier molecular flexibility index (Phi) is 3.82. The van der Waals surface area contributed by atoms with Gasteiger partial charge >= 0.3 is 0 Å². The van der Waals surface area contributed by atoms with Crippen molar-refractivity contribution >= 4 is 28.3 Å². The molecule has 0 fully saturated rings. The lowest BCUT2D eigenvalue weighted by atomic mass is 10.1. The number of benzene rings is 2. The van der Waals surface area contributed by atoms with Crippen molar-refractivity contribution in [2.24, 2.45) is 0 Å². The van der Waals surface area contributed by atoms with Crippen LogP contribution in [0.1, 0.15) is 0 Å². The van der Waals surface area contributed by atoms with Gasteiger partial charge in [-0.1, -0.05) is 23.7 Å². The highest BCUT2D eigenvalue weighted by Crippen LogP contribution is 2.30. The molecule has 0 radical (unpaired) electrons. The molecule has 3 rings (SSSR count). The minimum Gasteiger partial charge on any atom is -0.398 e. The SMILES string of the molecule is COCCn1c(-c2ccc(Cl)cc2N)nc2ccccc21. The van der Waals surface area contributed by atoms with E-state index >= 15 is 0 Å². The van der Waals surface area contributed by atoms with E-state index in [2.05, 4.69) is 4.57 Å². The first-order valence-electron chi connectivity index (χ1n) is 6.70. The number of nitrogen functional groups attached to an aromatic ring is 1. The Bertz CT molecular complexity index is 782. The van der Waals surface area contributed by atoms with Gasteiger partial charge in [-0.05, 0) is 30.3 Å². The summed E-state index contributed by atoms with van der Waals surface area (Å²) in [6, 6.07) is 13.5. The van der Waals surface area contributed by atoms with Crippen molar-refractivity contribution < 1.29 is 4.74 Å². The highest BCUT2D eigenvalue weighted by Gasteiger charge is 2.14. The molecule has 1 aromatic heterocycles. The third kappa shape index (κ3) is 2.60. The van der Waals surface area contributed by atoms with Gasteiger partial charge in [0, 0.05) is 29.9 Å².